The van der Waals surface area contributed by atoms with Crippen molar-refractivity contribution >= 4 is 11.9 Å². The predicted octanol–water partition coefficient (Wildman–Crippen LogP) is 2.44. The van der Waals surface area contributed by atoms with Gasteiger partial charge < -0.3 is 24.2 Å². The summed E-state index contributed by atoms with van der Waals surface area (Å²) in [6.07, 6.45) is -1.26. The van der Waals surface area contributed by atoms with E-state index in [-0.39, 0.29) is 11.3 Å². The van der Waals surface area contributed by atoms with E-state index in [1.165, 1.54) is 19.4 Å². The van der Waals surface area contributed by atoms with Gasteiger partial charge in [-0.15, -0.1) is 0 Å². The number of rotatable bonds is 5. The van der Waals surface area contributed by atoms with Gasteiger partial charge >= 0.3 is 12.1 Å². The van der Waals surface area contributed by atoms with Gasteiger partial charge in [0.15, 0.2) is 0 Å². The first kappa shape index (κ1) is 23.5. The molecular weight excluding hydrogens is 419 g/mol. The minimum Gasteiger partial charge on any atom is -0.475 e. The Balaban J connectivity index is 0.000000339. The molecule has 174 valence electrons. The Morgan fingerprint density at radius 1 is 1.35 bits per heavy atom. The van der Waals surface area contributed by atoms with Gasteiger partial charge in [0, 0.05) is 57.2 Å². The molecule has 3 fully saturated rings. The molecule has 1 aromatic rings. The molecule has 8 nitrogen and oxygen atoms in total. The second-order valence-corrected chi connectivity index (χ2v) is 8.76. The van der Waals surface area contributed by atoms with Crippen molar-refractivity contribution in [1.29, 1.82) is 0 Å². The van der Waals surface area contributed by atoms with Crippen molar-refractivity contribution in [2.24, 2.45) is 17.3 Å². The van der Waals surface area contributed by atoms with Crippen LogP contribution in [0.15, 0.2) is 10.6 Å². The van der Waals surface area contributed by atoms with Gasteiger partial charge in [0.25, 0.3) is 5.91 Å². The number of aryl methyl sites for hydroxylation is 1. The van der Waals surface area contributed by atoms with E-state index < -0.39 is 12.1 Å². The Hall–Kier alpha value is -2.14. The Kier molecular flexibility index (Phi) is 6.95. The Labute approximate surface area is 178 Å². The van der Waals surface area contributed by atoms with Crippen LogP contribution in [-0.4, -0.2) is 84.6 Å². The van der Waals surface area contributed by atoms with Crippen molar-refractivity contribution in [3.8, 4) is 0 Å². The number of carboxylic acid groups (broad SMARTS) is 1. The molecule has 2 aliphatic heterocycles. The second kappa shape index (κ2) is 9.15. The van der Waals surface area contributed by atoms with Crippen LogP contribution >= 0.6 is 0 Å². The van der Waals surface area contributed by atoms with E-state index in [1.54, 1.807) is 13.2 Å². The van der Waals surface area contributed by atoms with Gasteiger partial charge in [0.1, 0.15) is 0 Å². The molecule has 1 N–H and O–H groups in total. The summed E-state index contributed by atoms with van der Waals surface area (Å²) in [6, 6.07) is 1.73. The molecule has 11 heteroatoms. The molecular formula is C20H28F3N3O5. The van der Waals surface area contributed by atoms with Gasteiger partial charge in [0.2, 0.25) is 5.76 Å². The highest BCUT2D eigenvalue weighted by molar-refractivity contribution is 5.91. The number of hydrogen-bond acceptors (Lipinski definition) is 6. The van der Waals surface area contributed by atoms with Gasteiger partial charge in [-0.25, -0.2) is 4.79 Å². The fraction of sp³-hybridized carbons (Fsp3) is 0.750. The van der Waals surface area contributed by atoms with Crippen LogP contribution in [0.4, 0.5) is 13.2 Å². The lowest BCUT2D eigenvalue weighted by molar-refractivity contribution is -0.192. The van der Waals surface area contributed by atoms with Crippen LogP contribution in [0.2, 0.25) is 0 Å². The molecule has 1 saturated carbocycles. The summed E-state index contributed by atoms with van der Waals surface area (Å²) in [6.45, 7) is 7.65. The number of carbonyl (C=O) groups is 2. The van der Waals surface area contributed by atoms with Gasteiger partial charge in [-0.3, -0.25) is 4.79 Å². The first-order valence-electron chi connectivity index (χ1n) is 10.3. The largest absolute Gasteiger partial charge is 0.490 e. The Morgan fingerprint density at radius 3 is 2.55 bits per heavy atom. The summed E-state index contributed by atoms with van der Waals surface area (Å²) in [5.74, 6) is -1.01. The molecule has 1 spiro atoms. The molecule has 1 aromatic heterocycles. The molecule has 1 amide bonds. The third kappa shape index (κ3) is 5.76. The zero-order valence-corrected chi connectivity index (χ0v) is 17.7. The lowest BCUT2D eigenvalue weighted by Gasteiger charge is -2.30. The van der Waals surface area contributed by atoms with Crippen LogP contribution in [0, 0.1) is 24.2 Å². The highest BCUT2D eigenvalue weighted by atomic mass is 19.4. The Morgan fingerprint density at radius 2 is 2.03 bits per heavy atom. The highest BCUT2D eigenvalue weighted by Gasteiger charge is 2.52. The summed E-state index contributed by atoms with van der Waals surface area (Å²) >= 11 is 0. The molecule has 31 heavy (non-hydrogen) atoms. The standard InChI is InChI=1S/C18H27N3O3.C2HF3O2/c1-13-7-16(24-19-13)17(22)21-6-5-18(12-21)11-20(8-14-3-4-14)9-15(18)10-23-2;3-2(4,5)1(6)7/h7,14-15H,3-6,8-12H2,1-2H3;(H,6,7)/t15-,18-;/m1./s1. The van der Waals surface area contributed by atoms with Crippen LogP contribution < -0.4 is 0 Å². The zero-order valence-electron chi connectivity index (χ0n) is 17.7. The van der Waals surface area contributed by atoms with Crippen molar-refractivity contribution in [2.45, 2.75) is 32.4 Å². The highest BCUT2D eigenvalue weighted by Crippen LogP contribution is 2.45. The fourth-order valence-corrected chi connectivity index (χ4v) is 4.53. The van der Waals surface area contributed by atoms with Crippen LogP contribution in [0.1, 0.15) is 35.5 Å². The number of aromatic nitrogens is 1. The fourth-order valence-electron chi connectivity index (χ4n) is 4.53. The number of carbonyl (C=O) groups excluding carboxylic acids is 1. The van der Waals surface area contributed by atoms with Crippen molar-refractivity contribution < 1.29 is 37.1 Å². The molecule has 0 aromatic carbocycles. The lowest BCUT2D eigenvalue weighted by atomic mass is 9.77. The zero-order chi connectivity index (χ0) is 22.8. The second-order valence-electron chi connectivity index (χ2n) is 8.76. The van der Waals surface area contributed by atoms with Crippen LogP contribution in [0.5, 0.6) is 0 Å². The molecule has 0 radical (unpaired) electrons. The van der Waals surface area contributed by atoms with E-state index in [4.69, 9.17) is 19.2 Å². The summed E-state index contributed by atoms with van der Waals surface area (Å²) in [4.78, 5) is 26.1. The van der Waals surface area contributed by atoms with Gasteiger partial charge in [0.05, 0.1) is 12.3 Å². The summed E-state index contributed by atoms with van der Waals surface area (Å²) in [7, 11) is 1.78. The van der Waals surface area contributed by atoms with E-state index in [0.717, 1.165) is 50.8 Å². The number of hydrogen-bond donors (Lipinski definition) is 1. The first-order valence-corrected chi connectivity index (χ1v) is 10.3. The quantitative estimate of drug-likeness (QED) is 0.741. The SMILES string of the molecule is COC[C@H]1CN(CC2CC2)C[C@@]12CCN(C(=O)c1cc(C)no1)C2.O=C(O)C(F)(F)F. The molecule has 0 unspecified atom stereocenters. The van der Waals surface area contributed by atoms with E-state index in [1.807, 2.05) is 11.8 Å². The van der Waals surface area contributed by atoms with Crippen molar-refractivity contribution in [3.05, 3.63) is 17.5 Å². The van der Waals surface area contributed by atoms with E-state index in [0.29, 0.717) is 11.7 Å². The molecule has 3 heterocycles. The van der Waals surface area contributed by atoms with Gasteiger partial charge in [-0.2, -0.15) is 13.2 Å². The van der Waals surface area contributed by atoms with Crippen LogP contribution in [0.25, 0.3) is 0 Å². The maximum Gasteiger partial charge on any atom is 0.490 e. The number of nitrogens with zero attached hydrogens (tertiary/aromatic N) is 3. The number of ether oxygens (including phenoxy) is 1. The molecule has 4 rings (SSSR count). The molecule has 1 aliphatic carbocycles. The molecule has 2 atom stereocenters. The van der Waals surface area contributed by atoms with E-state index in [2.05, 4.69) is 10.1 Å². The summed E-state index contributed by atoms with van der Waals surface area (Å²) in [5, 5.41) is 11.0. The molecule has 0 bridgehead atoms. The van der Waals surface area contributed by atoms with Crippen molar-refractivity contribution in [1.82, 2.24) is 15.0 Å². The van der Waals surface area contributed by atoms with Crippen LogP contribution in [-0.2, 0) is 9.53 Å². The number of likely N-dealkylation sites (tertiary alicyclic amines) is 2. The van der Waals surface area contributed by atoms with Gasteiger partial charge in [-0.1, -0.05) is 5.16 Å². The predicted molar refractivity (Wildman–Crippen MR) is 102 cm³/mol. The van der Waals surface area contributed by atoms with Crippen molar-refractivity contribution in [2.75, 3.05) is 46.4 Å². The number of aliphatic carboxylic acids is 1. The minimum absolute atomic E-state index is 0.0238. The minimum atomic E-state index is -5.08. The number of alkyl halides is 3. The van der Waals surface area contributed by atoms with E-state index >= 15 is 0 Å². The van der Waals surface area contributed by atoms with Gasteiger partial charge in [-0.05, 0) is 32.1 Å². The maximum atomic E-state index is 12.7. The van der Waals surface area contributed by atoms with Crippen LogP contribution in [0.3, 0.4) is 0 Å². The third-order valence-electron chi connectivity index (χ3n) is 6.22. The number of halogens is 3. The van der Waals surface area contributed by atoms with Crippen molar-refractivity contribution in [3.63, 3.8) is 0 Å². The third-order valence-corrected chi connectivity index (χ3v) is 6.22. The average molecular weight is 447 g/mol. The van der Waals surface area contributed by atoms with E-state index in [9.17, 15) is 18.0 Å². The Bertz CT molecular complexity index is 795. The normalized spacial score (nSPS) is 26.2. The lowest BCUT2D eigenvalue weighted by Crippen LogP contribution is -2.38. The average Bonchev–Trinajstić information content (AvgIpc) is 3.10. The summed E-state index contributed by atoms with van der Waals surface area (Å²) < 4.78 is 42.4. The summed E-state index contributed by atoms with van der Waals surface area (Å²) in [5.41, 5.74) is 0.927. The molecule has 3 aliphatic rings. The number of amides is 1. The monoisotopic (exact) mass is 447 g/mol. The topological polar surface area (TPSA) is 96.1 Å². The smallest absolute Gasteiger partial charge is 0.475 e. The number of carboxylic acids is 1. The number of methoxy groups -OCH3 is 1. The maximum absolute atomic E-state index is 12.7. The first-order chi connectivity index (χ1) is 14.5. The molecule has 2 saturated heterocycles.